The number of rotatable bonds is 1. The predicted octanol–water partition coefficient (Wildman–Crippen LogP) is 4.45. The van der Waals surface area contributed by atoms with Gasteiger partial charge in [-0.1, -0.05) is 25.5 Å². The van der Waals surface area contributed by atoms with E-state index in [9.17, 15) is 4.79 Å². The fraction of sp³-hybridized carbons (Fsp3) is 0.762. The van der Waals surface area contributed by atoms with E-state index in [0.717, 1.165) is 43.6 Å². The molecular weight excluding hydrogens is 284 g/mol. The molecule has 5 aliphatic rings. The van der Waals surface area contributed by atoms with E-state index in [1.54, 1.807) is 5.57 Å². The molecule has 23 heavy (non-hydrogen) atoms. The van der Waals surface area contributed by atoms with Gasteiger partial charge in [-0.2, -0.15) is 0 Å². The molecule has 2 heteroatoms. The van der Waals surface area contributed by atoms with Crippen LogP contribution in [-0.2, 0) is 9.53 Å². The van der Waals surface area contributed by atoms with Crippen molar-refractivity contribution in [2.24, 2.45) is 28.6 Å². The van der Waals surface area contributed by atoms with Gasteiger partial charge >= 0.3 is 0 Å². The van der Waals surface area contributed by atoms with Gasteiger partial charge in [-0.3, -0.25) is 4.79 Å². The summed E-state index contributed by atoms with van der Waals surface area (Å²) < 4.78 is 5.65. The van der Waals surface area contributed by atoms with Crippen LogP contribution in [0.5, 0.6) is 0 Å². The predicted molar refractivity (Wildman–Crippen MR) is 89.9 cm³/mol. The molecule has 0 aromatic rings. The average Bonchev–Trinajstić information content (AvgIpc) is 3.29. The minimum absolute atomic E-state index is 0.303. The van der Waals surface area contributed by atoms with Crippen LogP contribution in [0.2, 0.25) is 0 Å². The molecule has 0 bridgehead atoms. The van der Waals surface area contributed by atoms with Crippen molar-refractivity contribution in [2.75, 3.05) is 6.61 Å². The second-order valence-corrected chi connectivity index (χ2v) is 9.14. The lowest BCUT2D eigenvalue weighted by molar-refractivity contribution is -0.117. The third-order valence-electron chi connectivity index (χ3n) is 8.28. The number of carbonyl (C=O) groups is 1. The number of epoxide rings is 1. The summed E-state index contributed by atoms with van der Waals surface area (Å²) in [5, 5.41) is 0. The highest BCUT2D eigenvalue weighted by Gasteiger charge is 2.58. The molecule has 2 saturated carbocycles. The van der Waals surface area contributed by atoms with E-state index in [-0.39, 0.29) is 0 Å². The van der Waals surface area contributed by atoms with Crippen LogP contribution >= 0.6 is 0 Å². The van der Waals surface area contributed by atoms with Crippen molar-refractivity contribution in [2.45, 2.75) is 64.9 Å². The number of ketones is 1. The SMILES string of the molecule is C[C@]12CCC(=O)C=C1CC[C@@H]1[C@@H]2CC[C@]2(C)C(C3CO3)=CC[C@@H]12. The largest absolute Gasteiger partial charge is 0.368 e. The van der Waals surface area contributed by atoms with Crippen LogP contribution in [0.3, 0.4) is 0 Å². The number of fused-ring (bicyclic) bond motifs is 5. The van der Waals surface area contributed by atoms with Gasteiger partial charge in [-0.15, -0.1) is 0 Å². The van der Waals surface area contributed by atoms with Gasteiger partial charge < -0.3 is 4.74 Å². The molecule has 1 unspecified atom stereocenters. The molecule has 0 N–H and O–H groups in total. The van der Waals surface area contributed by atoms with E-state index < -0.39 is 0 Å². The van der Waals surface area contributed by atoms with Crippen molar-refractivity contribution in [3.8, 4) is 0 Å². The number of ether oxygens (including phenoxy) is 1. The van der Waals surface area contributed by atoms with Gasteiger partial charge in [-0.25, -0.2) is 0 Å². The quantitative estimate of drug-likeness (QED) is 0.529. The molecule has 1 heterocycles. The molecule has 0 aromatic heterocycles. The number of carbonyl (C=O) groups excluding carboxylic acids is 1. The molecule has 0 radical (unpaired) electrons. The van der Waals surface area contributed by atoms with Crippen LogP contribution in [0, 0.1) is 28.6 Å². The Labute approximate surface area is 139 Å². The summed E-state index contributed by atoms with van der Waals surface area (Å²) in [6.45, 7) is 5.94. The highest BCUT2D eigenvalue weighted by Crippen LogP contribution is 2.66. The van der Waals surface area contributed by atoms with Crippen molar-refractivity contribution in [1.29, 1.82) is 0 Å². The van der Waals surface area contributed by atoms with Crippen molar-refractivity contribution in [3.05, 3.63) is 23.3 Å². The van der Waals surface area contributed by atoms with Gasteiger partial charge in [0.1, 0.15) is 6.10 Å². The van der Waals surface area contributed by atoms with Crippen molar-refractivity contribution >= 4 is 5.78 Å². The maximum atomic E-state index is 11.9. The van der Waals surface area contributed by atoms with Crippen LogP contribution in [0.1, 0.15) is 58.8 Å². The van der Waals surface area contributed by atoms with Gasteiger partial charge in [0.25, 0.3) is 0 Å². The molecule has 1 aliphatic heterocycles. The lowest BCUT2D eigenvalue weighted by Crippen LogP contribution is -2.50. The van der Waals surface area contributed by atoms with E-state index in [4.69, 9.17) is 4.74 Å². The molecule has 0 spiro atoms. The summed E-state index contributed by atoms with van der Waals surface area (Å²) in [4.78, 5) is 11.9. The monoisotopic (exact) mass is 312 g/mol. The zero-order valence-corrected chi connectivity index (χ0v) is 14.4. The van der Waals surface area contributed by atoms with Crippen molar-refractivity contribution in [3.63, 3.8) is 0 Å². The Kier molecular flexibility index (Phi) is 2.89. The van der Waals surface area contributed by atoms with Gasteiger partial charge in [0, 0.05) is 6.42 Å². The van der Waals surface area contributed by atoms with E-state index in [1.807, 2.05) is 6.08 Å². The fourth-order valence-electron chi connectivity index (χ4n) is 6.89. The van der Waals surface area contributed by atoms with Crippen LogP contribution < -0.4 is 0 Å². The van der Waals surface area contributed by atoms with E-state index in [2.05, 4.69) is 19.9 Å². The Morgan fingerprint density at radius 1 is 1.09 bits per heavy atom. The van der Waals surface area contributed by atoms with Crippen LogP contribution in [0.25, 0.3) is 0 Å². The fourth-order valence-corrected chi connectivity index (χ4v) is 6.89. The minimum Gasteiger partial charge on any atom is -0.368 e. The summed E-state index contributed by atoms with van der Waals surface area (Å²) in [5.41, 5.74) is 3.81. The van der Waals surface area contributed by atoms with Crippen LogP contribution in [0.15, 0.2) is 23.3 Å². The van der Waals surface area contributed by atoms with Crippen LogP contribution in [0.4, 0.5) is 0 Å². The molecular formula is C21H28O2. The Balaban J connectivity index is 1.48. The molecule has 5 rings (SSSR count). The molecule has 6 atom stereocenters. The Morgan fingerprint density at radius 3 is 2.70 bits per heavy atom. The van der Waals surface area contributed by atoms with Gasteiger partial charge in [-0.05, 0) is 78.8 Å². The van der Waals surface area contributed by atoms with E-state index in [0.29, 0.717) is 22.7 Å². The first-order chi connectivity index (χ1) is 11.0. The third-order valence-corrected chi connectivity index (χ3v) is 8.28. The Bertz CT molecular complexity index is 626. The first-order valence-electron chi connectivity index (χ1n) is 9.58. The summed E-state index contributed by atoms with van der Waals surface area (Å²) >= 11 is 0. The summed E-state index contributed by atoms with van der Waals surface area (Å²) in [6.07, 6.45) is 13.2. The van der Waals surface area contributed by atoms with Gasteiger partial charge in [0.15, 0.2) is 5.78 Å². The van der Waals surface area contributed by atoms with Crippen molar-refractivity contribution in [1.82, 2.24) is 0 Å². The summed E-state index contributed by atoms with van der Waals surface area (Å²) in [6, 6.07) is 0. The van der Waals surface area contributed by atoms with Gasteiger partial charge in [0.05, 0.1) is 6.61 Å². The smallest absolute Gasteiger partial charge is 0.155 e. The summed E-state index contributed by atoms with van der Waals surface area (Å²) in [7, 11) is 0. The number of hydrogen-bond donors (Lipinski definition) is 0. The third kappa shape index (κ3) is 1.88. The Hall–Kier alpha value is -0.890. The van der Waals surface area contributed by atoms with Gasteiger partial charge in [0.2, 0.25) is 0 Å². The molecule has 0 amide bonds. The summed E-state index contributed by atoms with van der Waals surface area (Å²) in [5.74, 6) is 2.82. The molecule has 1 saturated heterocycles. The topological polar surface area (TPSA) is 29.6 Å². The number of hydrogen-bond acceptors (Lipinski definition) is 2. The standard InChI is InChI=1S/C21H28O2/c1-20-9-7-14(22)11-13(20)3-4-15-16-5-6-18(19-12-23-19)21(16,2)10-8-17(15)20/h6,11,15-17,19H,3-5,7-10,12H2,1-2H3/t15-,16-,17-,19?,20-,21-/m0/s1. The first kappa shape index (κ1) is 14.5. The van der Waals surface area contributed by atoms with E-state index in [1.165, 1.54) is 31.3 Å². The minimum atomic E-state index is 0.303. The Morgan fingerprint density at radius 2 is 1.91 bits per heavy atom. The molecule has 124 valence electrons. The maximum Gasteiger partial charge on any atom is 0.155 e. The number of allylic oxidation sites excluding steroid dienone is 3. The molecule has 4 aliphatic carbocycles. The highest BCUT2D eigenvalue weighted by atomic mass is 16.6. The van der Waals surface area contributed by atoms with Crippen molar-refractivity contribution < 1.29 is 9.53 Å². The first-order valence-corrected chi connectivity index (χ1v) is 9.58. The average molecular weight is 312 g/mol. The normalized spacial score (nSPS) is 51.3. The second-order valence-electron chi connectivity index (χ2n) is 9.14. The maximum absolute atomic E-state index is 11.9. The molecule has 2 nitrogen and oxygen atoms in total. The zero-order chi connectivity index (χ0) is 15.8. The molecule has 3 fully saturated rings. The van der Waals surface area contributed by atoms with Crippen LogP contribution in [-0.4, -0.2) is 18.5 Å². The lowest BCUT2D eigenvalue weighted by atomic mass is 9.47. The zero-order valence-electron chi connectivity index (χ0n) is 14.4. The van der Waals surface area contributed by atoms with E-state index >= 15 is 0 Å². The highest BCUT2D eigenvalue weighted by molar-refractivity contribution is 5.91. The molecule has 0 aromatic carbocycles. The lowest BCUT2D eigenvalue weighted by Gasteiger charge is -2.57. The second kappa shape index (κ2) is 4.59.